The summed E-state index contributed by atoms with van der Waals surface area (Å²) in [6.45, 7) is 2.25. The van der Waals surface area contributed by atoms with Gasteiger partial charge in [-0.3, -0.25) is 9.78 Å². The van der Waals surface area contributed by atoms with Crippen molar-refractivity contribution in [1.29, 1.82) is 0 Å². The molecular weight excluding hydrogens is 448 g/mol. The second-order valence-corrected chi connectivity index (χ2v) is 9.90. The lowest BCUT2D eigenvalue weighted by Crippen LogP contribution is -2.23. The summed E-state index contributed by atoms with van der Waals surface area (Å²) >= 11 is 0. The number of fused-ring (bicyclic) bond motifs is 4. The minimum absolute atomic E-state index is 0.289. The normalized spacial score (nSPS) is 11.8. The van der Waals surface area contributed by atoms with Crippen molar-refractivity contribution in [2.24, 2.45) is 0 Å². The molecule has 5 aromatic rings. The summed E-state index contributed by atoms with van der Waals surface area (Å²) in [5.41, 5.74) is 3.46. The molecule has 0 aliphatic carbocycles. The molecule has 0 saturated heterocycles. The molecule has 2 aromatic carbocycles. The smallest absolute Gasteiger partial charge is 0.305 e. The first-order valence-corrected chi connectivity index (χ1v) is 13.4. The van der Waals surface area contributed by atoms with Crippen molar-refractivity contribution < 1.29 is 0 Å². The number of para-hydroxylation sites is 1. The fourth-order valence-electron chi connectivity index (χ4n) is 5.26. The predicted octanol–water partition coefficient (Wildman–Crippen LogP) is 6.93. The number of pyridine rings is 2. The highest BCUT2D eigenvalue weighted by molar-refractivity contribution is 6.04. The molecule has 0 radical (unpaired) electrons. The van der Waals surface area contributed by atoms with Crippen LogP contribution in [-0.4, -0.2) is 19.9 Å². The molecule has 6 heteroatoms. The summed E-state index contributed by atoms with van der Waals surface area (Å²) < 4.78 is 0. The van der Waals surface area contributed by atoms with Crippen LogP contribution in [0.5, 0.6) is 0 Å². The van der Waals surface area contributed by atoms with E-state index in [1.54, 1.807) is 0 Å². The monoisotopic (exact) mass is 482 g/mol. The number of hydrogen-bond acceptors (Lipinski definition) is 4. The lowest BCUT2D eigenvalue weighted by Gasteiger charge is -2.12. The Morgan fingerprint density at radius 3 is 2.19 bits per heavy atom. The fraction of sp³-hybridized carbons (Fsp3) is 0.400. The lowest BCUT2D eigenvalue weighted by atomic mass is 9.98. The van der Waals surface area contributed by atoms with Crippen LogP contribution in [0, 0.1) is 0 Å². The van der Waals surface area contributed by atoms with Crippen LogP contribution in [-0.2, 0) is 6.42 Å². The van der Waals surface area contributed by atoms with E-state index in [0.717, 1.165) is 57.5 Å². The van der Waals surface area contributed by atoms with Gasteiger partial charge in [-0.2, -0.15) is 0 Å². The third-order valence-electron chi connectivity index (χ3n) is 7.19. The van der Waals surface area contributed by atoms with E-state index in [9.17, 15) is 9.59 Å². The molecule has 0 atom stereocenters. The number of aromatic amines is 2. The average molecular weight is 483 g/mol. The van der Waals surface area contributed by atoms with Crippen LogP contribution in [0.2, 0.25) is 0 Å². The molecule has 186 valence electrons. The Morgan fingerprint density at radius 2 is 1.42 bits per heavy atom. The third kappa shape index (κ3) is 5.18. The molecule has 2 N–H and O–H groups in total. The van der Waals surface area contributed by atoms with E-state index >= 15 is 0 Å². The highest BCUT2D eigenvalue weighted by Crippen LogP contribution is 2.30. The fourth-order valence-corrected chi connectivity index (χ4v) is 5.26. The van der Waals surface area contributed by atoms with Gasteiger partial charge in [0.15, 0.2) is 5.52 Å². The predicted molar refractivity (Wildman–Crippen MR) is 149 cm³/mol. The summed E-state index contributed by atoms with van der Waals surface area (Å²) in [6.07, 6.45) is 13.4. The van der Waals surface area contributed by atoms with Crippen LogP contribution < -0.4 is 11.2 Å². The van der Waals surface area contributed by atoms with Gasteiger partial charge >= 0.3 is 5.69 Å². The van der Waals surface area contributed by atoms with Gasteiger partial charge in [0.1, 0.15) is 0 Å². The van der Waals surface area contributed by atoms with Crippen LogP contribution in [0.3, 0.4) is 0 Å². The molecule has 36 heavy (non-hydrogen) atoms. The van der Waals surface area contributed by atoms with E-state index < -0.39 is 11.2 Å². The van der Waals surface area contributed by atoms with Gasteiger partial charge in [0.25, 0.3) is 5.56 Å². The molecule has 3 aromatic heterocycles. The van der Waals surface area contributed by atoms with Gasteiger partial charge in [-0.25, -0.2) is 14.8 Å². The number of rotatable bonds is 11. The SMILES string of the molecule is CCCCCCCCCCCCc1c2cc3nc4ccccc4cc3cc2nc2c(=O)[nH]c(=O)[nH]c12. The maximum absolute atomic E-state index is 12.6. The molecule has 0 bridgehead atoms. The number of benzene rings is 2. The third-order valence-corrected chi connectivity index (χ3v) is 7.19. The minimum Gasteiger partial charge on any atom is -0.305 e. The second kappa shape index (κ2) is 11.0. The zero-order valence-corrected chi connectivity index (χ0v) is 21.0. The number of aryl methyl sites for hydroxylation is 1. The minimum atomic E-state index is -0.497. The van der Waals surface area contributed by atoms with Gasteiger partial charge in [0.05, 0.1) is 22.1 Å². The standard InChI is InChI=1S/C30H34N4O2/c1-2-3-4-5-6-7-8-9-10-11-15-22-23-19-25-21(17-20-14-12-13-16-24(20)31-25)18-26(23)32-28-27(22)33-30(36)34-29(28)35/h12-14,16-19H,2-11,15H2,1H3,(H2,33,34,35,36). The quantitative estimate of drug-likeness (QED) is 0.158. The first kappa shape index (κ1) is 24.2. The Labute approximate surface area is 210 Å². The van der Waals surface area contributed by atoms with Gasteiger partial charge in [-0.1, -0.05) is 82.9 Å². The van der Waals surface area contributed by atoms with E-state index in [1.165, 1.54) is 51.4 Å². The van der Waals surface area contributed by atoms with Gasteiger partial charge in [0.2, 0.25) is 0 Å². The Hall–Kier alpha value is -3.54. The lowest BCUT2D eigenvalue weighted by molar-refractivity contribution is 0.557. The van der Waals surface area contributed by atoms with Gasteiger partial charge in [-0.15, -0.1) is 0 Å². The first-order valence-electron chi connectivity index (χ1n) is 13.4. The van der Waals surface area contributed by atoms with Crippen molar-refractivity contribution in [3.05, 3.63) is 68.9 Å². The van der Waals surface area contributed by atoms with E-state index in [0.29, 0.717) is 5.52 Å². The molecule has 0 saturated carbocycles. The summed E-state index contributed by atoms with van der Waals surface area (Å²) in [4.78, 5) is 39.5. The van der Waals surface area contributed by atoms with Crippen LogP contribution in [0.25, 0.3) is 43.7 Å². The maximum Gasteiger partial charge on any atom is 0.326 e. The number of aromatic nitrogens is 4. The summed E-state index contributed by atoms with van der Waals surface area (Å²) in [7, 11) is 0. The van der Waals surface area contributed by atoms with Gasteiger partial charge < -0.3 is 4.98 Å². The van der Waals surface area contributed by atoms with Crippen LogP contribution >= 0.6 is 0 Å². The van der Waals surface area contributed by atoms with E-state index in [1.807, 2.05) is 30.3 Å². The van der Waals surface area contributed by atoms with Crippen molar-refractivity contribution in [2.45, 2.75) is 77.6 Å². The molecule has 3 heterocycles. The van der Waals surface area contributed by atoms with Crippen molar-refractivity contribution in [3.63, 3.8) is 0 Å². The van der Waals surface area contributed by atoms with Crippen molar-refractivity contribution in [2.75, 3.05) is 0 Å². The Kier molecular flexibility index (Phi) is 7.40. The highest BCUT2D eigenvalue weighted by Gasteiger charge is 2.14. The molecule has 0 unspecified atom stereocenters. The number of hydrogen-bond donors (Lipinski definition) is 2. The number of H-pyrrole nitrogens is 2. The van der Waals surface area contributed by atoms with E-state index in [-0.39, 0.29) is 5.52 Å². The molecule has 5 rings (SSSR count). The molecule has 0 fully saturated rings. The highest BCUT2D eigenvalue weighted by atomic mass is 16.2. The topological polar surface area (TPSA) is 91.5 Å². The first-order chi connectivity index (χ1) is 17.6. The van der Waals surface area contributed by atoms with E-state index in [4.69, 9.17) is 4.98 Å². The largest absolute Gasteiger partial charge is 0.326 e. The number of nitrogens with one attached hydrogen (secondary N) is 2. The van der Waals surface area contributed by atoms with Crippen molar-refractivity contribution >= 4 is 43.7 Å². The van der Waals surface area contributed by atoms with Crippen LogP contribution in [0.1, 0.15) is 76.7 Å². The molecule has 0 aliphatic rings. The van der Waals surface area contributed by atoms with Crippen molar-refractivity contribution in [3.8, 4) is 0 Å². The van der Waals surface area contributed by atoms with Crippen LogP contribution in [0.15, 0.2) is 52.1 Å². The summed E-state index contributed by atoms with van der Waals surface area (Å²) in [6, 6.07) is 14.2. The molecular formula is C30H34N4O2. The summed E-state index contributed by atoms with van der Waals surface area (Å²) in [5.74, 6) is 0. The maximum atomic E-state index is 12.6. The Bertz CT molecular complexity index is 1630. The zero-order chi connectivity index (χ0) is 24.9. The molecule has 6 nitrogen and oxygen atoms in total. The Morgan fingerprint density at radius 1 is 0.694 bits per heavy atom. The molecule has 0 amide bonds. The Balaban J connectivity index is 1.44. The van der Waals surface area contributed by atoms with E-state index in [2.05, 4.69) is 34.0 Å². The van der Waals surface area contributed by atoms with Gasteiger partial charge in [-0.05, 0) is 42.7 Å². The number of nitrogens with zero attached hydrogens (tertiary/aromatic N) is 2. The number of unbranched alkanes of at least 4 members (excludes halogenated alkanes) is 9. The summed E-state index contributed by atoms with van der Waals surface area (Å²) in [5, 5.41) is 3.01. The average Bonchev–Trinajstić information content (AvgIpc) is 2.87. The van der Waals surface area contributed by atoms with Crippen molar-refractivity contribution in [1.82, 2.24) is 19.9 Å². The zero-order valence-electron chi connectivity index (χ0n) is 21.0. The van der Waals surface area contributed by atoms with Gasteiger partial charge in [0, 0.05) is 16.2 Å². The molecule has 0 spiro atoms. The second-order valence-electron chi connectivity index (χ2n) is 9.90. The molecule has 0 aliphatic heterocycles. The van der Waals surface area contributed by atoms with Crippen LogP contribution in [0.4, 0.5) is 0 Å².